The maximum atomic E-state index is 14.5. The number of nitrogens with zero attached hydrogens (tertiary/aromatic N) is 6. The van der Waals surface area contributed by atoms with Crippen LogP contribution in [0.25, 0.3) is 22.2 Å². The molecule has 0 spiro atoms. The zero-order valence-electron chi connectivity index (χ0n) is 21.4. The summed E-state index contributed by atoms with van der Waals surface area (Å²) in [7, 11) is 1.84. The van der Waals surface area contributed by atoms with Crippen LogP contribution in [0.3, 0.4) is 0 Å². The fraction of sp³-hybridized carbons (Fsp3) is 0.286. The number of para-hydroxylation sites is 1. The molecule has 1 aliphatic carbocycles. The first-order chi connectivity index (χ1) is 19.3. The SMILES string of the molecule is Cn1cc(-c2nn(C3CCC(Oc4nccc(C(F)(F)F)c4F)CC3)c3cc(Nc4ccccc4)ncc23)cn1. The summed E-state index contributed by atoms with van der Waals surface area (Å²) in [5.41, 5.74) is 2.03. The van der Waals surface area contributed by atoms with Gasteiger partial charge in [-0.2, -0.15) is 23.4 Å². The molecule has 1 fully saturated rings. The van der Waals surface area contributed by atoms with Gasteiger partial charge in [-0.1, -0.05) is 18.2 Å². The lowest BCUT2D eigenvalue weighted by molar-refractivity contribution is -0.140. The summed E-state index contributed by atoms with van der Waals surface area (Å²) in [5, 5.41) is 13.4. The molecule has 8 nitrogen and oxygen atoms in total. The van der Waals surface area contributed by atoms with E-state index in [1.54, 1.807) is 17.1 Å². The third-order valence-corrected chi connectivity index (χ3v) is 7.05. The standard InChI is InChI=1S/C28H25F4N7O/c1-38-16-17(14-35-38)26-21-15-34-24(36-18-5-3-2-4-6-18)13-23(21)39(37-26)19-7-9-20(10-8-19)40-27-25(29)22(11-12-33-27)28(30,31)32/h2-6,11-16,19-20H,7-10H2,1H3,(H,34,36). The summed E-state index contributed by atoms with van der Waals surface area (Å²) in [5.74, 6) is -1.44. The van der Waals surface area contributed by atoms with Crippen LogP contribution >= 0.6 is 0 Å². The number of benzene rings is 1. The van der Waals surface area contributed by atoms with Crippen LogP contribution < -0.4 is 10.1 Å². The number of aromatic nitrogens is 6. The van der Waals surface area contributed by atoms with E-state index < -0.39 is 29.5 Å². The first-order valence-corrected chi connectivity index (χ1v) is 12.8. The molecular formula is C28H25F4N7O. The van der Waals surface area contributed by atoms with Gasteiger partial charge in [0.2, 0.25) is 0 Å². The Bertz CT molecular complexity index is 1640. The minimum Gasteiger partial charge on any atom is -0.472 e. The Morgan fingerprint density at radius 1 is 1.00 bits per heavy atom. The van der Waals surface area contributed by atoms with Crippen LogP contribution in [-0.4, -0.2) is 35.6 Å². The summed E-state index contributed by atoms with van der Waals surface area (Å²) in [6.45, 7) is 0. The fourth-order valence-electron chi connectivity index (χ4n) is 5.10. The highest BCUT2D eigenvalue weighted by atomic mass is 19.4. The number of aryl methyl sites for hydroxylation is 1. The van der Waals surface area contributed by atoms with Crippen LogP contribution in [0.4, 0.5) is 29.1 Å². The van der Waals surface area contributed by atoms with Gasteiger partial charge >= 0.3 is 6.18 Å². The number of fused-ring (bicyclic) bond motifs is 1. The van der Waals surface area contributed by atoms with E-state index in [1.807, 2.05) is 54.3 Å². The molecule has 12 heteroatoms. The van der Waals surface area contributed by atoms with Gasteiger partial charge in [-0.05, 0) is 43.9 Å². The normalized spacial score (nSPS) is 17.7. The molecule has 206 valence electrons. The van der Waals surface area contributed by atoms with Gasteiger partial charge in [0.25, 0.3) is 5.88 Å². The van der Waals surface area contributed by atoms with E-state index in [-0.39, 0.29) is 6.04 Å². The highest BCUT2D eigenvalue weighted by molar-refractivity contribution is 5.94. The molecule has 0 saturated heterocycles. The van der Waals surface area contributed by atoms with Crippen LogP contribution in [0.15, 0.2) is 67.3 Å². The first kappa shape index (κ1) is 25.8. The molecule has 4 heterocycles. The number of hydrogen-bond acceptors (Lipinski definition) is 6. The molecule has 4 aromatic heterocycles. The van der Waals surface area contributed by atoms with Crippen molar-refractivity contribution in [1.82, 2.24) is 29.5 Å². The van der Waals surface area contributed by atoms with Gasteiger partial charge in [0.05, 0.1) is 23.3 Å². The molecule has 0 amide bonds. The van der Waals surface area contributed by atoms with Crippen molar-refractivity contribution < 1.29 is 22.3 Å². The van der Waals surface area contributed by atoms with E-state index in [9.17, 15) is 17.6 Å². The maximum absolute atomic E-state index is 14.5. The van der Waals surface area contributed by atoms with Crippen molar-refractivity contribution >= 4 is 22.4 Å². The summed E-state index contributed by atoms with van der Waals surface area (Å²) in [6, 6.07) is 12.3. The molecule has 1 saturated carbocycles. The largest absolute Gasteiger partial charge is 0.472 e. The number of nitrogens with one attached hydrogen (secondary N) is 1. The lowest BCUT2D eigenvalue weighted by Crippen LogP contribution is -2.27. The molecule has 5 aromatic rings. The molecule has 1 aromatic carbocycles. The third-order valence-electron chi connectivity index (χ3n) is 7.05. The molecule has 0 bridgehead atoms. The number of ether oxygens (including phenoxy) is 1. The zero-order valence-corrected chi connectivity index (χ0v) is 21.4. The van der Waals surface area contributed by atoms with Crippen molar-refractivity contribution in [2.24, 2.45) is 7.05 Å². The maximum Gasteiger partial charge on any atom is 0.419 e. The fourth-order valence-corrected chi connectivity index (χ4v) is 5.10. The van der Waals surface area contributed by atoms with E-state index in [0.717, 1.165) is 34.0 Å². The second-order valence-corrected chi connectivity index (χ2v) is 9.80. The summed E-state index contributed by atoms with van der Waals surface area (Å²) in [4.78, 5) is 8.32. The highest BCUT2D eigenvalue weighted by Crippen LogP contribution is 2.38. The Kier molecular flexibility index (Phi) is 6.60. The number of rotatable bonds is 6. The van der Waals surface area contributed by atoms with Gasteiger partial charge in [0, 0.05) is 48.3 Å². The molecule has 1 aliphatic rings. The number of pyridine rings is 2. The molecule has 0 aliphatic heterocycles. The minimum atomic E-state index is -4.82. The Labute approximate surface area is 226 Å². The van der Waals surface area contributed by atoms with Gasteiger partial charge in [0.1, 0.15) is 17.6 Å². The lowest BCUT2D eigenvalue weighted by Gasteiger charge is -2.29. The quantitative estimate of drug-likeness (QED) is 0.237. The Balaban J connectivity index is 1.26. The van der Waals surface area contributed by atoms with E-state index in [1.165, 1.54) is 0 Å². The molecule has 0 atom stereocenters. The molecule has 1 N–H and O–H groups in total. The van der Waals surface area contributed by atoms with Crippen LogP contribution in [0.5, 0.6) is 5.88 Å². The lowest BCUT2D eigenvalue weighted by atomic mass is 9.93. The van der Waals surface area contributed by atoms with Crippen LogP contribution in [-0.2, 0) is 13.2 Å². The number of anilines is 2. The van der Waals surface area contributed by atoms with Crippen molar-refractivity contribution in [2.75, 3.05) is 5.32 Å². The minimum absolute atomic E-state index is 0.000868. The highest BCUT2D eigenvalue weighted by Gasteiger charge is 2.36. The van der Waals surface area contributed by atoms with E-state index in [0.29, 0.717) is 37.6 Å². The second-order valence-electron chi connectivity index (χ2n) is 9.80. The van der Waals surface area contributed by atoms with Crippen molar-refractivity contribution in [1.29, 1.82) is 0 Å². The molecule has 0 radical (unpaired) electrons. The first-order valence-electron chi connectivity index (χ1n) is 12.8. The molecule has 6 rings (SSSR count). The van der Waals surface area contributed by atoms with Crippen LogP contribution in [0, 0.1) is 5.82 Å². The van der Waals surface area contributed by atoms with Gasteiger partial charge in [-0.25, -0.2) is 14.4 Å². The predicted octanol–water partition coefficient (Wildman–Crippen LogP) is 6.69. The van der Waals surface area contributed by atoms with Gasteiger partial charge in [0.15, 0.2) is 5.82 Å². The number of halogens is 4. The smallest absolute Gasteiger partial charge is 0.419 e. The van der Waals surface area contributed by atoms with E-state index in [4.69, 9.17) is 9.84 Å². The van der Waals surface area contributed by atoms with Crippen molar-refractivity contribution in [3.8, 4) is 17.1 Å². The zero-order chi connectivity index (χ0) is 27.9. The van der Waals surface area contributed by atoms with Crippen molar-refractivity contribution in [3.05, 3.63) is 78.6 Å². The third kappa shape index (κ3) is 5.08. The number of hydrogen-bond donors (Lipinski definition) is 1. The van der Waals surface area contributed by atoms with Crippen molar-refractivity contribution in [2.45, 2.75) is 44.0 Å². The summed E-state index contributed by atoms with van der Waals surface area (Å²) >= 11 is 0. The Hall–Kier alpha value is -4.48. The monoisotopic (exact) mass is 551 g/mol. The predicted molar refractivity (Wildman–Crippen MR) is 141 cm³/mol. The summed E-state index contributed by atoms with van der Waals surface area (Å²) < 4.78 is 63.1. The average molecular weight is 552 g/mol. The number of alkyl halides is 3. The van der Waals surface area contributed by atoms with E-state index in [2.05, 4.69) is 20.4 Å². The van der Waals surface area contributed by atoms with Crippen LogP contribution in [0.2, 0.25) is 0 Å². The van der Waals surface area contributed by atoms with Gasteiger partial charge in [-0.15, -0.1) is 0 Å². The Morgan fingerprint density at radius 3 is 2.48 bits per heavy atom. The molecule has 40 heavy (non-hydrogen) atoms. The summed E-state index contributed by atoms with van der Waals surface area (Å²) in [6.07, 6.45) is 3.36. The average Bonchev–Trinajstić information content (AvgIpc) is 3.53. The van der Waals surface area contributed by atoms with Gasteiger partial charge < -0.3 is 10.1 Å². The topological polar surface area (TPSA) is 82.7 Å². The van der Waals surface area contributed by atoms with E-state index >= 15 is 0 Å². The van der Waals surface area contributed by atoms with Crippen LogP contribution in [0.1, 0.15) is 37.3 Å². The van der Waals surface area contributed by atoms with Gasteiger partial charge in [-0.3, -0.25) is 9.36 Å². The second kappa shape index (κ2) is 10.2. The molecular weight excluding hydrogens is 526 g/mol. The Morgan fingerprint density at radius 2 is 1.77 bits per heavy atom. The molecule has 0 unspecified atom stereocenters. The van der Waals surface area contributed by atoms with Crippen molar-refractivity contribution in [3.63, 3.8) is 0 Å².